The summed E-state index contributed by atoms with van der Waals surface area (Å²) < 4.78 is 0. The third kappa shape index (κ3) is 2.97. The number of hydrogen-bond acceptors (Lipinski definition) is 4. The largest absolute Gasteiger partial charge is 0.320 e. The first kappa shape index (κ1) is 13.9. The standard InChI is InChI=1S/C14H13Cl2N3S/c15-10-5-3-4-9(13(10)16)11-8-20-14(18-11)19-12-6-1-2-7-17-12/h3-5,8H,1-2,6-7H2,(H,17,18,19). The molecule has 6 heteroatoms. The number of thiazole rings is 1. The van der Waals surface area contributed by atoms with E-state index in [-0.39, 0.29) is 0 Å². The van der Waals surface area contributed by atoms with Crippen LogP contribution in [0.5, 0.6) is 0 Å². The van der Waals surface area contributed by atoms with Gasteiger partial charge >= 0.3 is 0 Å². The van der Waals surface area contributed by atoms with Gasteiger partial charge in [-0.3, -0.25) is 4.99 Å². The smallest absolute Gasteiger partial charge is 0.188 e. The molecule has 1 aliphatic rings. The molecule has 0 atom stereocenters. The minimum absolute atomic E-state index is 0.543. The molecule has 3 nitrogen and oxygen atoms in total. The van der Waals surface area contributed by atoms with Crippen molar-refractivity contribution in [3.8, 4) is 11.3 Å². The minimum atomic E-state index is 0.543. The molecule has 0 spiro atoms. The van der Waals surface area contributed by atoms with E-state index >= 15 is 0 Å². The zero-order chi connectivity index (χ0) is 13.9. The van der Waals surface area contributed by atoms with Crippen molar-refractivity contribution in [3.05, 3.63) is 33.6 Å². The molecule has 1 aromatic heterocycles. The molecule has 104 valence electrons. The Morgan fingerprint density at radius 2 is 2.10 bits per heavy atom. The summed E-state index contributed by atoms with van der Waals surface area (Å²) >= 11 is 13.8. The summed E-state index contributed by atoms with van der Waals surface area (Å²) in [6.07, 6.45) is 3.35. The Morgan fingerprint density at radius 3 is 2.90 bits per heavy atom. The van der Waals surface area contributed by atoms with Crippen LogP contribution in [0, 0.1) is 0 Å². The average Bonchev–Trinajstić information content (AvgIpc) is 2.91. The highest BCUT2D eigenvalue weighted by Crippen LogP contribution is 2.34. The summed E-state index contributed by atoms with van der Waals surface area (Å²) in [6, 6.07) is 5.57. The van der Waals surface area contributed by atoms with Gasteiger partial charge in [0.15, 0.2) is 5.13 Å². The van der Waals surface area contributed by atoms with Crippen molar-refractivity contribution < 1.29 is 0 Å². The highest BCUT2D eigenvalue weighted by molar-refractivity contribution is 7.14. The fourth-order valence-corrected chi connectivity index (χ4v) is 3.21. The monoisotopic (exact) mass is 325 g/mol. The van der Waals surface area contributed by atoms with Gasteiger partial charge in [-0.05, 0) is 18.9 Å². The molecule has 1 aliphatic heterocycles. The van der Waals surface area contributed by atoms with Crippen molar-refractivity contribution >= 4 is 45.5 Å². The number of rotatable bonds is 2. The SMILES string of the molecule is Clc1cccc(-c2csc(NC3=NCCCC3)n2)c1Cl. The van der Waals surface area contributed by atoms with Crippen molar-refractivity contribution in [1.82, 2.24) is 4.98 Å². The van der Waals surface area contributed by atoms with Gasteiger partial charge in [-0.2, -0.15) is 0 Å². The highest BCUT2D eigenvalue weighted by Gasteiger charge is 2.12. The molecule has 0 radical (unpaired) electrons. The molecule has 20 heavy (non-hydrogen) atoms. The number of nitrogens with zero attached hydrogens (tertiary/aromatic N) is 2. The zero-order valence-electron chi connectivity index (χ0n) is 10.7. The molecule has 2 heterocycles. The highest BCUT2D eigenvalue weighted by atomic mass is 35.5. The number of nitrogens with one attached hydrogen (secondary N) is 1. The van der Waals surface area contributed by atoms with Crippen LogP contribution in [0.25, 0.3) is 11.3 Å². The Morgan fingerprint density at radius 1 is 1.20 bits per heavy atom. The molecule has 1 N–H and O–H groups in total. The second-order valence-electron chi connectivity index (χ2n) is 4.55. The van der Waals surface area contributed by atoms with Crippen LogP contribution in [0.15, 0.2) is 28.6 Å². The van der Waals surface area contributed by atoms with Gasteiger partial charge in [-0.25, -0.2) is 4.98 Å². The van der Waals surface area contributed by atoms with Crippen LogP contribution in [-0.2, 0) is 0 Å². The van der Waals surface area contributed by atoms with E-state index in [0.717, 1.165) is 35.2 Å². The number of aromatic nitrogens is 1. The minimum Gasteiger partial charge on any atom is -0.320 e. The van der Waals surface area contributed by atoms with Crippen LogP contribution in [0.2, 0.25) is 10.0 Å². The van der Waals surface area contributed by atoms with Crippen LogP contribution in [0.4, 0.5) is 5.13 Å². The fraction of sp³-hybridized carbons (Fsp3) is 0.286. The van der Waals surface area contributed by atoms with Gasteiger partial charge in [0, 0.05) is 23.9 Å². The van der Waals surface area contributed by atoms with E-state index in [1.807, 2.05) is 17.5 Å². The van der Waals surface area contributed by atoms with E-state index in [0.29, 0.717) is 10.0 Å². The van der Waals surface area contributed by atoms with E-state index in [2.05, 4.69) is 15.3 Å². The molecule has 0 fully saturated rings. The maximum absolute atomic E-state index is 6.22. The summed E-state index contributed by atoms with van der Waals surface area (Å²) in [5.41, 5.74) is 1.69. The Labute approximate surface area is 131 Å². The molecule has 0 saturated carbocycles. The van der Waals surface area contributed by atoms with E-state index in [4.69, 9.17) is 23.2 Å². The second kappa shape index (κ2) is 6.12. The molecule has 0 bridgehead atoms. The number of amidine groups is 1. The maximum Gasteiger partial charge on any atom is 0.188 e. The molecule has 3 rings (SSSR count). The Balaban J connectivity index is 1.83. The van der Waals surface area contributed by atoms with Crippen LogP contribution in [-0.4, -0.2) is 17.4 Å². The zero-order valence-corrected chi connectivity index (χ0v) is 13.0. The maximum atomic E-state index is 6.22. The van der Waals surface area contributed by atoms with E-state index < -0.39 is 0 Å². The predicted octanol–water partition coefficient (Wildman–Crippen LogP) is 5.11. The van der Waals surface area contributed by atoms with E-state index in [1.165, 1.54) is 12.8 Å². The Bertz CT molecular complexity index is 652. The summed E-state index contributed by atoms with van der Waals surface area (Å²) in [7, 11) is 0. The summed E-state index contributed by atoms with van der Waals surface area (Å²) in [6.45, 7) is 0.903. The Hall–Kier alpha value is -1.10. The topological polar surface area (TPSA) is 37.3 Å². The van der Waals surface area contributed by atoms with Gasteiger partial charge in [0.05, 0.1) is 15.7 Å². The number of anilines is 1. The summed E-state index contributed by atoms with van der Waals surface area (Å²) in [4.78, 5) is 9.02. The summed E-state index contributed by atoms with van der Waals surface area (Å²) in [5.74, 6) is 1.02. The number of hydrogen-bond donors (Lipinski definition) is 1. The van der Waals surface area contributed by atoms with Crippen LogP contribution in [0.3, 0.4) is 0 Å². The van der Waals surface area contributed by atoms with Crippen LogP contribution in [0.1, 0.15) is 19.3 Å². The van der Waals surface area contributed by atoms with Crippen molar-refractivity contribution in [2.24, 2.45) is 4.99 Å². The first-order valence-electron chi connectivity index (χ1n) is 6.44. The van der Waals surface area contributed by atoms with Gasteiger partial charge in [0.25, 0.3) is 0 Å². The number of aliphatic imine (C=N–C) groups is 1. The first-order chi connectivity index (χ1) is 9.74. The average molecular weight is 326 g/mol. The predicted molar refractivity (Wildman–Crippen MR) is 87.3 cm³/mol. The lowest BCUT2D eigenvalue weighted by molar-refractivity contribution is 0.737. The van der Waals surface area contributed by atoms with E-state index in [9.17, 15) is 0 Å². The lowest BCUT2D eigenvalue weighted by atomic mass is 10.2. The summed E-state index contributed by atoms with van der Waals surface area (Å²) in [5, 5.41) is 7.19. The first-order valence-corrected chi connectivity index (χ1v) is 8.08. The number of benzene rings is 1. The molecule has 1 aromatic carbocycles. The van der Waals surface area contributed by atoms with E-state index in [1.54, 1.807) is 17.4 Å². The molecule has 0 aliphatic carbocycles. The lowest BCUT2D eigenvalue weighted by Crippen LogP contribution is -2.15. The third-order valence-corrected chi connectivity index (χ3v) is 4.68. The lowest BCUT2D eigenvalue weighted by Gasteiger charge is -2.11. The Kier molecular flexibility index (Phi) is 4.24. The van der Waals surface area contributed by atoms with Crippen molar-refractivity contribution in [2.75, 3.05) is 11.9 Å². The molecule has 0 amide bonds. The molecule has 0 saturated heterocycles. The third-order valence-electron chi connectivity index (χ3n) is 3.11. The second-order valence-corrected chi connectivity index (χ2v) is 6.19. The van der Waals surface area contributed by atoms with Crippen molar-refractivity contribution in [3.63, 3.8) is 0 Å². The molecule has 2 aromatic rings. The molecular weight excluding hydrogens is 313 g/mol. The van der Waals surface area contributed by atoms with Crippen LogP contribution < -0.4 is 5.32 Å². The van der Waals surface area contributed by atoms with Crippen molar-refractivity contribution in [1.29, 1.82) is 0 Å². The fourth-order valence-electron chi connectivity index (χ4n) is 2.08. The van der Waals surface area contributed by atoms with Gasteiger partial charge in [0.2, 0.25) is 0 Å². The quantitative estimate of drug-likeness (QED) is 0.832. The molecule has 0 unspecified atom stereocenters. The van der Waals surface area contributed by atoms with Gasteiger partial charge in [0.1, 0.15) is 5.84 Å². The molecular formula is C14H13Cl2N3S. The van der Waals surface area contributed by atoms with Crippen molar-refractivity contribution in [2.45, 2.75) is 19.3 Å². The van der Waals surface area contributed by atoms with Crippen LogP contribution >= 0.6 is 34.5 Å². The normalized spacial score (nSPS) is 15.0. The van der Waals surface area contributed by atoms with Gasteiger partial charge in [-0.1, -0.05) is 35.3 Å². The number of halogens is 2. The van der Waals surface area contributed by atoms with Gasteiger partial charge < -0.3 is 5.32 Å². The van der Waals surface area contributed by atoms with Gasteiger partial charge in [-0.15, -0.1) is 11.3 Å².